The van der Waals surface area contributed by atoms with Crippen molar-refractivity contribution in [2.24, 2.45) is 0 Å². The number of nitrogens with one attached hydrogen (secondary N) is 1. The summed E-state index contributed by atoms with van der Waals surface area (Å²) in [6.07, 6.45) is 1.54. The highest BCUT2D eigenvalue weighted by Gasteiger charge is 2.43. The second kappa shape index (κ2) is 12.8. The minimum Gasteiger partial charge on any atom is -0.497 e. The molecule has 0 aliphatic carbocycles. The van der Waals surface area contributed by atoms with E-state index in [1.807, 2.05) is 0 Å². The van der Waals surface area contributed by atoms with Crippen molar-refractivity contribution >= 4 is 27.7 Å². The van der Waals surface area contributed by atoms with Crippen LogP contribution >= 0.6 is 0 Å². The summed E-state index contributed by atoms with van der Waals surface area (Å²) in [6, 6.07) is 18.3. The van der Waals surface area contributed by atoms with Crippen molar-refractivity contribution < 1.29 is 37.0 Å². The van der Waals surface area contributed by atoms with E-state index in [1.54, 1.807) is 54.6 Å². The zero-order valence-electron chi connectivity index (χ0n) is 23.9. The summed E-state index contributed by atoms with van der Waals surface area (Å²) >= 11 is 0. The summed E-state index contributed by atoms with van der Waals surface area (Å²) in [4.78, 5) is 42.4. The molecule has 2 aliphatic heterocycles. The molecule has 2 heterocycles. The highest BCUT2D eigenvalue weighted by atomic mass is 32.2. The molecule has 11 nitrogen and oxygen atoms in total. The smallest absolute Gasteiger partial charge is 0.269 e. The first-order valence-corrected chi connectivity index (χ1v) is 15.3. The summed E-state index contributed by atoms with van der Waals surface area (Å²) in [7, 11) is -1.24. The second-order valence-corrected chi connectivity index (χ2v) is 12.1. The number of rotatable bonds is 11. The van der Waals surface area contributed by atoms with Gasteiger partial charge in [-0.05, 0) is 60.4 Å². The zero-order chi connectivity index (χ0) is 30.6. The third-order valence-electron chi connectivity index (χ3n) is 7.52. The van der Waals surface area contributed by atoms with Gasteiger partial charge >= 0.3 is 0 Å². The summed E-state index contributed by atoms with van der Waals surface area (Å²) in [5, 5.41) is 2.92. The maximum atomic E-state index is 14.2. The van der Waals surface area contributed by atoms with Crippen molar-refractivity contribution in [3.8, 4) is 11.5 Å². The van der Waals surface area contributed by atoms with E-state index in [2.05, 4.69) is 5.32 Å². The topological polar surface area (TPSA) is 132 Å². The summed E-state index contributed by atoms with van der Waals surface area (Å²) in [5.74, 6) is -0.940. The summed E-state index contributed by atoms with van der Waals surface area (Å²) < 4.78 is 43.5. The van der Waals surface area contributed by atoms with Crippen LogP contribution in [0.15, 0.2) is 77.7 Å². The van der Waals surface area contributed by atoms with E-state index in [-0.39, 0.29) is 29.7 Å². The molecule has 0 radical (unpaired) electrons. The van der Waals surface area contributed by atoms with Crippen molar-refractivity contribution in [2.45, 2.75) is 36.4 Å². The number of fused-ring (bicyclic) bond motifs is 1. The lowest BCUT2D eigenvalue weighted by Gasteiger charge is -2.33. The van der Waals surface area contributed by atoms with E-state index >= 15 is 0 Å². The van der Waals surface area contributed by atoms with Crippen molar-refractivity contribution in [1.82, 2.24) is 14.5 Å². The van der Waals surface area contributed by atoms with E-state index < -0.39 is 40.3 Å². The first-order valence-electron chi connectivity index (χ1n) is 13.8. The number of nitrogens with zero attached hydrogens (tertiary/aromatic N) is 2. The van der Waals surface area contributed by atoms with Gasteiger partial charge in [-0.25, -0.2) is 12.7 Å². The van der Waals surface area contributed by atoms with E-state index in [9.17, 15) is 22.8 Å². The molecule has 3 amide bonds. The van der Waals surface area contributed by atoms with Crippen LogP contribution in [0.4, 0.5) is 0 Å². The number of carbonyl (C=O) groups excluding carboxylic acids is 3. The van der Waals surface area contributed by atoms with Crippen LogP contribution in [0.2, 0.25) is 0 Å². The largest absolute Gasteiger partial charge is 0.497 e. The van der Waals surface area contributed by atoms with Gasteiger partial charge in [0.1, 0.15) is 29.0 Å². The Labute approximate surface area is 250 Å². The quantitative estimate of drug-likeness (QED) is 0.352. The fourth-order valence-electron chi connectivity index (χ4n) is 5.25. The minimum absolute atomic E-state index is 0.00402. The Balaban J connectivity index is 1.52. The van der Waals surface area contributed by atoms with Gasteiger partial charge in [0.15, 0.2) is 0 Å². The number of amides is 3. The number of sulfonamides is 1. The third-order valence-corrected chi connectivity index (χ3v) is 9.31. The predicted molar refractivity (Wildman–Crippen MR) is 156 cm³/mol. The molecule has 5 rings (SSSR count). The molecule has 1 fully saturated rings. The van der Waals surface area contributed by atoms with Gasteiger partial charge in [0.25, 0.3) is 15.9 Å². The number of methoxy groups -OCH3 is 2. The average molecular weight is 608 g/mol. The Morgan fingerprint density at radius 2 is 1.77 bits per heavy atom. The lowest BCUT2D eigenvalue weighted by atomic mass is 10.0. The van der Waals surface area contributed by atoms with Gasteiger partial charge in [-0.2, -0.15) is 0 Å². The SMILES string of the molecule is COc1ccc(CN(C(=O)CN2C(=O)c3ccccc3S2(=O)=O)[C@@H](C(=O)NC[C@H]2CCCO2)c2cccc(OC)c2)cc1. The van der Waals surface area contributed by atoms with Crippen molar-refractivity contribution in [3.63, 3.8) is 0 Å². The van der Waals surface area contributed by atoms with E-state index in [0.29, 0.717) is 33.5 Å². The lowest BCUT2D eigenvalue weighted by Crippen LogP contribution is -2.48. The van der Waals surface area contributed by atoms with Crippen LogP contribution in [0, 0.1) is 0 Å². The molecule has 2 atom stereocenters. The monoisotopic (exact) mass is 607 g/mol. The fourth-order valence-corrected chi connectivity index (χ4v) is 6.77. The molecule has 0 bridgehead atoms. The minimum atomic E-state index is -4.27. The van der Waals surface area contributed by atoms with Crippen LogP contribution in [0.3, 0.4) is 0 Å². The Morgan fingerprint density at radius 1 is 1.02 bits per heavy atom. The molecule has 0 unspecified atom stereocenters. The molecule has 1 N–H and O–H groups in total. The fraction of sp³-hybridized carbons (Fsp3) is 0.323. The van der Waals surface area contributed by atoms with E-state index in [4.69, 9.17) is 14.2 Å². The molecule has 1 saturated heterocycles. The first kappa shape index (κ1) is 30.1. The zero-order valence-corrected chi connectivity index (χ0v) is 24.7. The summed E-state index contributed by atoms with van der Waals surface area (Å²) in [6.45, 7) is 0.0133. The molecular formula is C31H33N3O8S. The van der Waals surface area contributed by atoms with Crippen molar-refractivity contribution in [2.75, 3.05) is 33.9 Å². The van der Waals surface area contributed by atoms with Crippen molar-refractivity contribution in [1.29, 1.82) is 0 Å². The Bertz CT molecular complexity index is 1600. The predicted octanol–water partition coefficient (Wildman–Crippen LogP) is 2.91. The van der Waals surface area contributed by atoms with Gasteiger partial charge in [-0.3, -0.25) is 14.4 Å². The highest BCUT2D eigenvalue weighted by molar-refractivity contribution is 7.90. The summed E-state index contributed by atoms with van der Waals surface area (Å²) in [5.41, 5.74) is 1.11. The standard InChI is InChI=1S/C31H33N3O8S/c1-40-23-14-12-21(13-15-23)19-33(28(35)20-34-31(37)26-10-3-4-11-27(26)43(34,38)39)29(22-7-5-8-24(17-22)41-2)30(36)32-18-25-9-6-16-42-25/h3-5,7-8,10-15,17,25,29H,6,9,16,18-20H2,1-2H3,(H,32,36)/t25-,29-/m1/s1. The second-order valence-electron chi connectivity index (χ2n) is 10.2. The van der Waals surface area contributed by atoms with Crippen LogP contribution in [-0.4, -0.2) is 75.4 Å². The number of hydrogen-bond acceptors (Lipinski definition) is 8. The highest BCUT2D eigenvalue weighted by Crippen LogP contribution is 2.32. The van der Waals surface area contributed by atoms with Crippen LogP contribution in [-0.2, 0) is 30.9 Å². The van der Waals surface area contributed by atoms with E-state index in [0.717, 1.165) is 12.8 Å². The number of carbonyl (C=O) groups is 3. The van der Waals surface area contributed by atoms with Gasteiger partial charge in [0.05, 0.1) is 25.9 Å². The lowest BCUT2D eigenvalue weighted by molar-refractivity contribution is -0.141. The molecule has 0 spiro atoms. The van der Waals surface area contributed by atoms with Crippen LogP contribution in [0.5, 0.6) is 11.5 Å². The van der Waals surface area contributed by atoms with Crippen LogP contribution in [0.25, 0.3) is 0 Å². The molecule has 0 aromatic heterocycles. The molecule has 2 aliphatic rings. The molecule has 0 saturated carbocycles. The molecule has 12 heteroatoms. The first-order chi connectivity index (χ1) is 20.7. The maximum Gasteiger partial charge on any atom is 0.269 e. The number of benzene rings is 3. The third kappa shape index (κ3) is 6.35. The normalized spacial score (nSPS) is 17.7. The van der Waals surface area contributed by atoms with Gasteiger partial charge in [-0.1, -0.05) is 36.4 Å². The van der Waals surface area contributed by atoms with Crippen molar-refractivity contribution in [3.05, 3.63) is 89.5 Å². The number of ether oxygens (including phenoxy) is 3. The van der Waals surface area contributed by atoms with Gasteiger partial charge < -0.3 is 24.4 Å². The maximum absolute atomic E-state index is 14.2. The van der Waals surface area contributed by atoms with Gasteiger partial charge in [-0.15, -0.1) is 0 Å². The Kier molecular flexibility index (Phi) is 8.97. The molecule has 226 valence electrons. The molecule has 43 heavy (non-hydrogen) atoms. The molecule has 3 aromatic rings. The van der Waals surface area contributed by atoms with E-state index in [1.165, 1.54) is 37.3 Å². The average Bonchev–Trinajstić information content (AvgIpc) is 3.61. The molecule has 3 aromatic carbocycles. The van der Waals surface area contributed by atoms with Crippen LogP contribution < -0.4 is 14.8 Å². The van der Waals surface area contributed by atoms with Gasteiger partial charge in [0, 0.05) is 19.7 Å². The Morgan fingerprint density at radius 3 is 2.44 bits per heavy atom. The number of hydrogen-bond donors (Lipinski definition) is 1. The van der Waals surface area contributed by atoms with Crippen LogP contribution in [0.1, 0.15) is 40.4 Å². The molecular weight excluding hydrogens is 574 g/mol. The Hall–Kier alpha value is -4.42. The van der Waals surface area contributed by atoms with Gasteiger partial charge in [0.2, 0.25) is 11.8 Å².